The molecule has 3 aromatic rings. The summed E-state index contributed by atoms with van der Waals surface area (Å²) >= 11 is 0. The fourth-order valence-corrected chi connectivity index (χ4v) is 2.66. The third-order valence-electron chi connectivity index (χ3n) is 4.01. The molecule has 0 amide bonds. The molecule has 0 N–H and O–H groups in total. The summed E-state index contributed by atoms with van der Waals surface area (Å²) in [7, 11) is 0. The molecular formula is C19H21N3O. The molecule has 0 atom stereocenters. The lowest BCUT2D eigenvalue weighted by molar-refractivity contribution is 0.299. The zero-order chi connectivity index (χ0) is 16.4. The van der Waals surface area contributed by atoms with Crippen LogP contribution in [0.25, 0.3) is 16.8 Å². The third-order valence-corrected chi connectivity index (χ3v) is 4.01. The summed E-state index contributed by atoms with van der Waals surface area (Å²) in [6.45, 7) is 11.4. The first-order chi connectivity index (χ1) is 11.1. The van der Waals surface area contributed by atoms with E-state index in [4.69, 9.17) is 4.74 Å². The third kappa shape index (κ3) is 2.97. The van der Waals surface area contributed by atoms with Gasteiger partial charge < -0.3 is 4.74 Å². The quantitative estimate of drug-likeness (QED) is 0.666. The molecule has 0 aliphatic rings. The molecule has 0 fully saturated rings. The van der Waals surface area contributed by atoms with Crippen molar-refractivity contribution in [3.63, 3.8) is 0 Å². The number of ether oxygens (including phenoxy) is 1. The fourth-order valence-electron chi connectivity index (χ4n) is 2.66. The van der Waals surface area contributed by atoms with Crippen molar-refractivity contribution in [1.29, 1.82) is 0 Å². The number of benzene rings is 1. The van der Waals surface area contributed by atoms with Crippen LogP contribution in [0.5, 0.6) is 0 Å². The molecule has 4 nitrogen and oxygen atoms in total. The van der Waals surface area contributed by atoms with Gasteiger partial charge in [-0.15, -0.1) is 0 Å². The molecule has 4 heteroatoms. The van der Waals surface area contributed by atoms with E-state index in [1.54, 1.807) is 0 Å². The number of fused-ring (bicyclic) bond motifs is 1. The highest BCUT2D eigenvalue weighted by atomic mass is 16.5. The number of aromatic nitrogens is 3. The van der Waals surface area contributed by atoms with Gasteiger partial charge in [-0.2, -0.15) is 5.10 Å². The van der Waals surface area contributed by atoms with Crippen molar-refractivity contribution in [2.75, 3.05) is 6.61 Å². The van der Waals surface area contributed by atoms with Gasteiger partial charge in [0.2, 0.25) is 0 Å². The summed E-state index contributed by atoms with van der Waals surface area (Å²) in [5, 5.41) is 5.54. The summed E-state index contributed by atoms with van der Waals surface area (Å²) in [6, 6.07) is 8.48. The van der Waals surface area contributed by atoms with Gasteiger partial charge in [-0.25, -0.2) is 9.67 Å². The number of hydrogen-bond acceptors (Lipinski definition) is 3. The Hall–Kier alpha value is -2.62. The SMILES string of the molecule is C=C(OCC)c1cnc2c(cnn2Cc2ccc(C)cc2)c1C. The molecule has 3 rings (SSSR count). The predicted octanol–water partition coefficient (Wildman–Crippen LogP) is 4.10. The second kappa shape index (κ2) is 6.24. The average molecular weight is 307 g/mol. The Labute approximate surface area is 136 Å². The highest BCUT2D eigenvalue weighted by molar-refractivity contribution is 5.83. The lowest BCUT2D eigenvalue weighted by atomic mass is 10.1. The number of hydrogen-bond donors (Lipinski definition) is 0. The maximum Gasteiger partial charge on any atom is 0.158 e. The molecule has 1 aromatic carbocycles. The van der Waals surface area contributed by atoms with Crippen LogP contribution in [0, 0.1) is 13.8 Å². The molecule has 0 aliphatic carbocycles. The van der Waals surface area contributed by atoms with Crippen LogP contribution in [0.15, 0.2) is 43.2 Å². The summed E-state index contributed by atoms with van der Waals surface area (Å²) in [5.74, 6) is 0.658. The van der Waals surface area contributed by atoms with E-state index in [1.165, 1.54) is 11.1 Å². The molecule has 2 aromatic heterocycles. The van der Waals surface area contributed by atoms with E-state index >= 15 is 0 Å². The molecule has 118 valence electrons. The smallest absolute Gasteiger partial charge is 0.158 e. The minimum Gasteiger partial charge on any atom is -0.494 e. The molecule has 0 bridgehead atoms. The van der Waals surface area contributed by atoms with Crippen molar-refractivity contribution in [3.8, 4) is 0 Å². The second-order valence-electron chi connectivity index (χ2n) is 5.68. The van der Waals surface area contributed by atoms with Crippen LogP contribution < -0.4 is 0 Å². The van der Waals surface area contributed by atoms with Gasteiger partial charge in [0, 0.05) is 17.1 Å². The maximum absolute atomic E-state index is 5.51. The van der Waals surface area contributed by atoms with E-state index < -0.39 is 0 Å². The Kier molecular flexibility index (Phi) is 4.15. The Balaban J connectivity index is 1.96. The van der Waals surface area contributed by atoms with E-state index in [2.05, 4.69) is 54.8 Å². The van der Waals surface area contributed by atoms with Gasteiger partial charge >= 0.3 is 0 Å². The summed E-state index contributed by atoms with van der Waals surface area (Å²) in [6.07, 6.45) is 3.69. The number of aryl methyl sites for hydroxylation is 2. The van der Waals surface area contributed by atoms with Crippen molar-refractivity contribution < 1.29 is 4.74 Å². The Morgan fingerprint density at radius 1 is 1.17 bits per heavy atom. The van der Waals surface area contributed by atoms with Crippen LogP contribution in [-0.2, 0) is 11.3 Å². The zero-order valence-electron chi connectivity index (χ0n) is 13.8. The lowest BCUT2D eigenvalue weighted by Crippen LogP contribution is -2.03. The highest BCUT2D eigenvalue weighted by Crippen LogP contribution is 2.25. The Morgan fingerprint density at radius 3 is 2.61 bits per heavy atom. The maximum atomic E-state index is 5.51. The molecule has 0 saturated carbocycles. The fraction of sp³-hybridized carbons (Fsp3) is 0.263. The van der Waals surface area contributed by atoms with Gasteiger partial charge in [-0.3, -0.25) is 0 Å². The molecule has 0 unspecified atom stereocenters. The van der Waals surface area contributed by atoms with E-state index in [9.17, 15) is 0 Å². The first-order valence-electron chi connectivity index (χ1n) is 7.79. The second-order valence-corrected chi connectivity index (χ2v) is 5.68. The lowest BCUT2D eigenvalue weighted by Gasteiger charge is -2.10. The monoisotopic (exact) mass is 307 g/mol. The van der Waals surface area contributed by atoms with Gasteiger partial charge in [0.15, 0.2) is 5.65 Å². The van der Waals surface area contributed by atoms with E-state index in [1.807, 2.05) is 24.0 Å². The van der Waals surface area contributed by atoms with Crippen molar-refractivity contribution >= 4 is 16.8 Å². The standard InChI is InChI=1S/C19H21N3O/c1-5-23-15(4)17-10-20-19-18(14(17)3)11-21-22(19)12-16-8-6-13(2)7-9-16/h6-11H,4-5,12H2,1-3H3. The van der Waals surface area contributed by atoms with Gasteiger partial charge in [0.1, 0.15) is 5.76 Å². The minimum atomic E-state index is 0.600. The molecule has 0 aliphatic heterocycles. The van der Waals surface area contributed by atoms with Crippen LogP contribution >= 0.6 is 0 Å². The molecule has 23 heavy (non-hydrogen) atoms. The largest absolute Gasteiger partial charge is 0.494 e. The molecule has 0 spiro atoms. The average Bonchev–Trinajstić information content (AvgIpc) is 2.94. The minimum absolute atomic E-state index is 0.600. The van der Waals surface area contributed by atoms with Crippen LogP contribution in [0.3, 0.4) is 0 Å². The van der Waals surface area contributed by atoms with Crippen molar-refractivity contribution in [3.05, 3.63) is 65.5 Å². The van der Waals surface area contributed by atoms with Crippen LogP contribution in [0.2, 0.25) is 0 Å². The van der Waals surface area contributed by atoms with E-state index in [0.29, 0.717) is 18.9 Å². The summed E-state index contributed by atoms with van der Waals surface area (Å²) in [5.41, 5.74) is 5.39. The predicted molar refractivity (Wildman–Crippen MR) is 93.2 cm³/mol. The highest BCUT2D eigenvalue weighted by Gasteiger charge is 2.12. The van der Waals surface area contributed by atoms with Gasteiger partial charge in [0.25, 0.3) is 0 Å². The van der Waals surface area contributed by atoms with Gasteiger partial charge in [-0.05, 0) is 31.9 Å². The van der Waals surface area contributed by atoms with Crippen LogP contribution in [0.1, 0.15) is 29.2 Å². The zero-order valence-corrected chi connectivity index (χ0v) is 13.8. The van der Waals surface area contributed by atoms with E-state index in [-0.39, 0.29) is 0 Å². The van der Waals surface area contributed by atoms with Crippen LogP contribution in [-0.4, -0.2) is 21.4 Å². The normalized spacial score (nSPS) is 10.9. The van der Waals surface area contributed by atoms with Crippen molar-refractivity contribution in [2.24, 2.45) is 0 Å². The van der Waals surface area contributed by atoms with Gasteiger partial charge in [0.05, 0.1) is 19.3 Å². The van der Waals surface area contributed by atoms with Crippen molar-refractivity contribution in [2.45, 2.75) is 27.3 Å². The molecule has 0 saturated heterocycles. The number of pyridine rings is 1. The molecule has 2 heterocycles. The first kappa shape index (κ1) is 15.3. The Bertz CT molecular complexity index is 847. The number of rotatable bonds is 5. The topological polar surface area (TPSA) is 39.9 Å². The number of nitrogens with zero attached hydrogens (tertiary/aromatic N) is 3. The molecule has 0 radical (unpaired) electrons. The van der Waals surface area contributed by atoms with Crippen LogP contribution in [0.4, 0.5) is 0 Å². The first-order valence-corrected chi connectivity index (χ1v) is 7.79. The summed E-state index contributed by atoms with van der Waals surface area (Å²) < 4.78 is 7.44. The Morgan fingerprint density at radius 2 is 1.91 bits per heavy atom. The van der Waals surface area contributed by atoms with Gasteiger partial charge in [-0.1, -0.05) is 36.4 Å². The van der Waals surface area contributed by atoms with E-state index in [0.717, 1.165) is 22.2 Å². The molecular weight excluding hydrogens is 286 g/mol. The summed E-state index contributed by atoms with van der Waals surface area (Å²) in [4.78, 5) is 4.58. The van der Waals surface area contributed by atoms with Crippen molar-refractivity contribution in [1.82, 2.24) is 14.8 Å².